The molecule has 0 amide bonds. The Labute approximate surface area is 272 Å². The number of rotatable bonds is 8. The highest BCUT2D eigenvalue weighted by atomic mass is 32.2. The van der Waals surface area contributed by atoms with Gasteiger partial charge in [-0.3, -0.25) is 4.79 Å². The smallest absolute Gasteiger partial charge is 0.306 e. The normalized spacial score (nSPS) is 26.9. The molecule has 2 saturated heterocycles. The Hall–Kier alpha value is -2.74. The van der Waals surface area contributed by atoms with E-state index in [0.717, 1.165) is 37.1 Å². The molecule has 3 aliphatic rings. The van der Waals surface area contributed by atoms with E-state index in [9.17, 15) is 18.3 Å². The summed E-state index contributed by atoms with van der Waals surface area (Å²) in [7, 11) is -2.44. The molecule has 2 bridgehead atoms. The molecule has 0 spiro atoms. The lowest BCUT2D eigenvalue weighted by atomic mass is 9.90. The van der Waals surface area contributed by atoms with Crippen molar-refractivity contribution in [2.45, 2.75) is 75.4 Å². The number of aliphatic hydroxyl groups is 1. The van der Waals surface area contributed by atoms with Crippen LogP contribution in [0.1, 0.15) is 45.1 Å². The highest BCUT2D eigenvalue weighted by Crippen LogP contribution is 2.34. The lowest BCUT2D eigenvalue weighted by molar-refractivity contribution is -0.153. The van der Waals surface area contributed by atoms with Crippen LogP contribution in [0.25, 0.3) is 0 Å². The van der Waals surface area contributed by atoms with Crippen molar-refractivity contribution in [3.63, 3.8) is 0 Å². The van der Waals surface area contributed by atoms with Crippen molar-refractivity contribution < 1.29 is 42.0 Å². The molecule has 5 rings (SSSR count). The standard InChI is InChI=1S/C34H48N2O9S/c1-23(2)19-36(46(39,40)28-12-10-26(41-3)11-13-28)20-30(37)25-16-24-8-7-9-27(17-24)42-15-6-4-5-14-35-29-21-43-34-33(29)31(22-44-34)45-32(38)18-25/h7-13,17,23,25,29-31,33-35,37H,4-6,14-16,18-22H2,1-3H3/t25-,29+,30-,31+,33+,34-/m1/s1. The summed E-state index contributed by atoms with van der Waals surface area (Å²) in [5.74, 6) is 0.0371. The van der Waals surface area contributed by atoms with Crippen molar-refractivity contribution in [3.8, 4) is 11.5 Å². The molecule has 46 heavy (non-hydrogen) atoms. The van der Waals surface area contributed by atoms with Crippen molar-refractivity contribution >= 4 is 16.0 Å². The molecule has 0 aliphatic carbocycles. The number of hydrogen-bond donors (Lipinski definition) is 2. The molecule has 2 N–H and O–H groups in total. The van der Waals surface area contributed by atoms with E-state index < -0.39 is 40.4 Å². The van der Waals surface area contributed by atoms with Crippen LogP contribution in [0.2, 0.25) is 0 Å². The second kappa shape index (κ2) is 15.9. The molecule has 11 nitrogen and oxygen atoms in total. The molecule has 0 saturated carbocycles. The molecule has 2 aromatic rings. The third-order valence-electron chi connectivity index (χ3n) is 8.88. The van der Waals surface area contributed by atoms with Crippen LogP contribution in [0.3, 0.4) is 0 Å². The van der Waals surface area contributed by atoms with Crippen molar-refractivity contribution in [3.05, 3.63) is 54.1 Å². The molecule has 3 aliphatic heterocycles. The van der Waals surface area contributed by atoms with E-state index in [1.54, 1.807) is 12.1 Å². The first-order chi connectivity index (χ1) is 22.1. The number of carbonyl (C=O) groups excluding carboxylic acids is 1. The van der Waals surface area contributed by atoms with Gasteiger partial charge in [-0.15, -0.1) is 0 Å². The number of benzene rings is 2. The van der Waals surface area contributed by atoms with Gasteiger partial charge in [0.25, 0.3) is 0 Å². The summed E-state index contributed by atoms with van der Waals surface area (Å²) in [5.41, 5.74) is 0.876. The Bertz CT molecular complexity index is 1390. The quantitative estimate of drug-likeness (QED) is 0.406. The van der Waals surface area contributed by atoms with Crippen LogP contribution in [-0.2, 0) is 35.4 Å². The van der Waals surface area contributed by atoms with E-state index in [0.29, 0.717) is 25.4 Å². The molecular weight excluding hydrogens is 612 g/mol. The van der Waals surface area contributed by atoms with Crippen molar-refractivity contribution in [2.75, 3.05) is 46.6 Å². The van der Waals surface area contributed by atoms with E-state index in [-0.39, 0.29) is 48.9 Å². The van der Waals surface area contributed by atoms with Crippen molar-refractivity contribution in [1.29, 1.82) is 0 Å². The van der Waals surface area contributed by atoms with Gasteiger partial charge in [-0.1, -0.05) is 26.0 Å². The largest absolute Gasteiger partial charge is 0.497 e. The predicted molar refractivity (Wildman–Crippen MR) is 171 cm³/mol. The summed E-state index contributed by atoms with van der Waals surface area (Å²) in [6.45, 7) is 5.99. The SMILES string of the molecule is COc1ccc(S(=O)(=O)N(CC(C)C)C[C@@H](O)[C@H]2CC(=O)O[C@H]3CO[C@H]4OC[C@H](NCCCCCOc5cccc(c5)C2)[C@H]43)cc1. The van der Waals surface area contributed by atoms with Crippen LogP contribution in [-0.4, -0.2) is 94.9 Å². The topological polar surface area (TPSA) is 133 Å². The maximum Gasteiger partial charge on any atom is 0.306 e. The number of aliphatic hydroxyl groups excluding tert-OH is 1. The molecule has 0 aromatic heterocycles. The van der Waals surface area contributed by atoms with E-state index in [1.165, 1.54) is 23.5 Å². The third-order valence-corrected chi connectivity index (χ3v) is 10.7. The van der Waals surface area contributed by atoms with Crippen molar-refractivity contribution in [1.82, 2.24) is 9.62 Å². The van der Waals surface area contributed by atoms with Gasteiger partial charge in [0, 0.05) is 25.0 Å². The van der Waals surface area contributed by atoms with Crippen LogP contribution in [0.15, 0.2) is 53.4 Å². The first kappa shape index (κ1) is 34.6. The van der Waals surface area contributed by atoms with E-state index >= 15 is 0 Å². The van der Waals surface area contributed by atoms with Gasteiger partial charge in [0.15, 0.2) is 6.29 Å². The zero-order chi connectivity index (χ0) is 32.7. The van der Waals surface area contributed by atoms with Gasteiger partial charge in [-0.05, 0) is 80.1 Å². The first-order valence-electron chi connectivity index (χ1n) is 16.3. The molecule has 2 aromatic carbocycles. The number of ether oxygens (including phenoxy) is 5. The molecular formula is C34H48N2O9S. The van der Waals surface area contributed by atoms with Crippen LogP contribution in [0.4, 0.5) is 0 Å². The summed E-state index contributed by atoms with van der Waals surface area (Å²) in [6, 6.07) is 13.8. The number of nitrogens with one attached hydrogen (secondary N) is 1. The number of hydrogen-bond acceptors (Lipinski definition) is 10. The molecule has 12 heteroatoms. The first-order valence-corrected chi connectivity index (χ1v) is 17.8. The summed E-state index contributed by atoms with van der Waals surface area (Å²) < 4.78 is 57.8. The van der Waals surface area contributed by atoms with Crippen molar-refractivity contribution in [2.24, 2.45) is 17.8 Å². The highest BCUT2D eigenvalue weighted by molar-refractivity contribution is 7.89. The number of sulfonamides is 1. The fraction of sp³-hybridized carbons (Fsp3) is 0.618. The molecule has 6 atom stereocenters. The highest BCUT2D eigenvalue weighted by Gasteiger charge is 2.49. The second-order valence-electron chi connectivity index (χ2n) is 12.9. The molecule has 0 radical (unpaired) electrons. The van der Waals surface area contributed by atoms with Crippen LogP contribution < -0.4 is 14.8 Å². The number of methoxy groups -OCH3 is 1. The molecule has 254 valence electrons. The van der Waals surface area contributed by atoms with Crippen LogP contribution in [0, 0.1) is 17.8 Å². The van der Waals surface area contributed by atoms with Gasteiger partial charge in [0.1, 0.15) is 17.6 Å². The van der Waals surface area contributed by atoms with Gasteiger partial charge < -0.3 is 34.1 Å². The maximum atomic E-state index is 13.8. The summed E-state index contributed by atoms with van der Waals surface area (Å²) in [5, 5.41) is 15.3. The monoisotopic (exact) mass is 660 g/mol. The fourth-order valence-electron chi connectivity index (χ4n) is 6.47. The Morgan fingerprint density at radius 2 is 1.80 bits per heavy atom. The maximum absolute atomic E-state index is 13.8. The summed E-state index contributed by atoms with van der Waals surface area (Å²) >= 11 is 0. The van der Waals surface area contributed by atoms with E-state index in [4.69, 9.17) is 23.7 Å². The Balaban J connectivity index is 1.39. The molecule has 2 fully saturated rings. The fourth-order valence-corrected chi connectivity index (χ4v) is 8.09. The number of esters is 1. The Kier molecular flexibility index (Phi) is 12.0. The van der Waals surface area contributed by atoms with Gasteiger partial charge in [0.2, 0.25) is 10.0 Å². The lowest BCUT2D eigenvalue weighted by Gasteiger charge is -2.30. The number of carbonyl (C=O) groups is 1. The van der Waals surface area contributed by atoms with E-state index in [2.05, 4.69) is 5.32 Å². The predicted octanol–water partition coefficient (Wildman–Crippen LogP) is 3.39. The van der Waals surface area contributed by atoms with Gasteiger partial charge >= 0.3 is 5.97 Å². The lowest BCUT2D eigenvalue weighted by Crippen LogP contribution is -2.44. The van der Waals surface area contributed by atoms with Gasteiger partial charge in [0.05, 0.1) is 50.3 Å². The number of nitrogens with zero attached hydrogens (tertiary/aromatic N) is 1. The third kappa shape index (κ3) is 8.78. The Morgan fingerprint density at radius 1 is 1.02 bits per heavy atom. The minimum absolute atomic E-state index is 0.00481. The minimum Gasteiger partial charge on any atom is -0.497 e. The summed E-state index contributed by atoms with van der Waals surface area (Å²) in [4.78, 5) is 13.6. The average molecular weight is 661 g/mol. The summed E-state index contributed by atoms with van der Waals surface area (Å²) in [6.07, 6.45) is 1.08. The molecule has 0 unspecified atom stereocenters. The Morgan fingerprint density at radius 3 is 2.57 bits per heavy atom. The van der Waals surface area contributed by atoms with E-state index in [1.807, 2.05) is 38.1 Å². The van der Waals surface area contributed by atoms with Gasteiger partial charge in [-0.25, -0.2) is 8.42 Å². The number of fused-ring (bicyclic) bond motifs is 2. The van der Waals surface area contributed by atoms with Gasteiger partial charge in [-0.2, -0.15) is 4.31 Å². The second-order valence-corrected chi connectivity index (χ2v) is 14.8. The molecule has 3 heterocycles. The van der Waals surface area contributed by atoms with Crippen LogP contribution in [0.5, 0.6) is 11.5 Å². The zero-order valence-electron chi connectivity index (χ0n) is 27.0. The zero-order valence-corrected chi connectivity index (χ0v) is 27.8. The average Bonchev–Trinajstić information content (AvgIpc) is 3.62. The van der Waals surface area contributed by atoms with Crippen LogP contribution >= 0.6 is 0 Å². The minimum atomic E-state index is -3.96.